The highest BCUT2D eigenvalue weighted by molar-refractivity contribution is 6.17. The van der Waals surface area contributed by atoms with Crippen molar-refractivity contribution in [2.24, 2.45) is 23.5 Å². The number of nitrogens with zero attached hydrogens (tertiary/aromatic N) is 3. The molecule has 1 aliphatic heterocycles. The number of fused-ring (bicyclic) bond motifs is 3. The molecule has 6 atom stereocenters. The molecule has 4 aliphatic carbocycles. The number of benzene rings is 1. The third-order valence-corrected chi connectivity index (χ3v) is 11.1. The number of nitrogens with two attached hydrogens (primary N) is 1. The minimum Gasteiger partial charge on any atom is -0.508 e. The van der Waals surface area contributed by atoms with Crippen LogP contribution in [0.25, 0.3) is 0 Å². The number of phenols is 1. The fourth-order valence-corrected chi connectivity index (χ4v) is 8.89. The second-order valence-corrected chi connectivity index (χ2v) is 13.8. The fraction of sp³-hybridized carbons (Fsp3) is 0.636. The van der Waals surface area contributed by atoms with E-state index in [4.69, 9.17) is 5.73 Å². The predicted octanol–water partition coefficient (Wildman–Crippen LogP) is 0.419. The fourth-order valence-electron chi connectivity index (χ4n) is 8.89. The summed E-state index contributed by atoms with van der Waals surface area (Å²) in [4.78, 5) is 59.7. The molecule has 1 aromatic carbocycles. The lowest BCUT2D eigenvalue weighted by Crippen LogP contribution is -2.71. The first kappa shape index (κ1) is 31.8. The highest BCUT2D eigenvalue weighted by Crippen LogP contribution is 2.52. The molecule has 1 amide bonds. The third-order valence-electron chi connectivity index (χ3n) is 11.1. The van der Waals surface area contributed by atoms with Crippen LogP contribution in [0.15, 0.2) is 23.5 Å². The molecule has 45 heavy (non-hydrogen) atoms. The molecule has 1 saturated heterocycles. The number of amides is 1. The number of likely N-dealkylation sites (N-methyl/N-ethyl adjacent to an activating group) is 1. The topological polar surface area (TPSA) is 185 Å². The normalized spacial score (nSPS) is 33.1. The summed E-state index contributed by atoms with van der Waals surface area (Å²) in [5, 5.41) is 45.2. The number of aliphatic hydroxyl groups is 3. The highest BCUT2D eigenvalue weighted by Gasteiger charge is 2.66. The van der Waals surface area contributed by atoms with Crippen molar-refractivity contribution >= 4 is 23.3 Å². The van der Waals surface area contributed by atoms with Gasteiger partial charge in [0.15, 0.2) is 23.0 Å². The van der Waals surface area contributed by atoms with Crippen molar-refractivity contribution in [3.05, 3.63) is 40.2 Å². The SMILES string of the molecule is CN(C)[C@@H]1C(O)C(C(N)=O)C(=O)[C@@]2(O)C(O)=C3C(=O)c4c(O)ccc(C(=O)CN5CCN(C6CCCCC6)CC5)c4C[C@H]3C[C@@H]12. The van der Waals surface area contributed by atoms with E-state index >= 15 is 0 Å². The lowest BCUT2D eigenvalue weighted by Gasteiger charge is -2.53. The average molecular weight is 625 g/mol. The summed E-state index contributed by atoms with van der Waals surface area (Å²) >= 11 is 0. The molecule has 3 fully saturated rings. The monoisotopic (exact) mass is 624 g/mol. The van der Waals surface area contributed by atoms with Crippen molar-refractivity contribution in [2.75, 3.05) is 46.8 Å². The van der Waals surface area contributed by atoms with E-state index in [1.807, 2.05) is 0 Å². The zero-order valence-corrected chi connectivity index (χ0v) is 25.9. The van der Waals surface area contributed by atoms with Crippen molar-refractivity contribution in [1.82, 2.24) is 14.7 Å². The molecule has 0 aromatic heterocycles. The molecule has 1 aromatic rings. The van der Waals surface area contributed by atoms with Gasteiger partial charge in [-0.25, -0.2) is 0 Å². The second kappa shape index (κ2) is 11.9. The molecule has 0 spiro atoms. The van der Waals surface area contributed by atoms with Crippen LogP contribution < -0.4 is 5.73 Å². The number of carbonyl (C=O) groups is 4. The number of allylic oxidation sites excluding steroid dienone is 1. The quantitative estimate of drug-likeness (QED) is 0.218. The number of piperazine rings is 1. The van der Waals surface area contributed by atoms with E-state index in [1.165, 1.54) is 44.2 Å². The molecule has 6 N–H and O–H groups in total. The summed E-state index contributed by atoms with van der Waals surface area (Å²) in [5.74, 6) is -8.12. The zero-order chi connectivity index (χ0) is 32.4. The van der Waals surface area contributed by atoms with Gasteiger partial charge >= 0.3 is 0 Å². The van der Waals surface area contributed by atoms with Gasteiger partial charge in [0.05, 0.1) is 18.2 Å². The van der Waals surface area contributed by atoms with E-state index in [-0.39, 0.29) is 42.1 Å². The van der Waals surface area contributed by atoms with Gasteiger partial charge < -0.3 is 31.1 Å². The first-order valence-corrected chi connectivity index (χ1v) is 16.1. The summed E-state index contributed by atoms with van der Waals surface area (Å²) in [5.41, 5.74) is 3.13. The Labute approximate surface area is 262 Å². The summed E-state index contributed by atoms with van der Waals surface area (Å²) in [7, 11) is 3.23. The van der Waals surface area contributed by atoms with Gasteiger partial charge in [0.2, 0.25) is 5.91 Å². The van der Waals surface area contributed by atoms with Gasteiger partial charge in [0.25, 0.3) is 0 Å². The largest absolute Gasteiger partial charge is 0.508 e. The van der Waals surface area contributed by atoms with Crippen molar-refractivity contribution < 1.29 is 39.6 Å². The maximum absolute atomic E-state index is 14.0. The molecule has 0 bridgehead atoms. The van der Waals surface area contributed by atoms with Crippen LogP contribution in [-0.4, -0.2) is 129 Å². The molecule has 5 aliphatic rings. The van der Waals surface area contributed by atoms with E-state index in [1.54, 1.807) is 19.0 Å². The Kier molecular flexibility index (Phi) is 8.40. The molecule has 2 unspecified atom stereocenters. The molecule has 0 radical (unpaired) electrons. The number of primary amides is 1. The Morgan fingerprint density at radius 2 is 1.71 bits per heavy atom. The second-order valence-electron chi connectivity index (χ2n) is 13.8. The van der Waals surface area contributed by atoms with Gasteiger partial charge in [0, 0.05) is 55.3 Å². The summed E-state index contributed by atoms with van der Waals surface area (Å²) in [6.45, 7) is 3.50. The molecule has 12 heteroatoms. The summed E-state index contributed by atoms with van der Waals surface area (Å²) in [6.07, 6.45) is 4.85. The van der Waals surface area contributed by atoms with Gasteiger partial charge in [-0.3, -0.25) is 29.0 Å². The lowest BCUT2D eigenvalue weighted by molar-refractivity contribution is -0.178. The number of rotatable bonds is 6. The number of hydrogen-bond acceptors (Lipinski definition) is 11. The van der Waals surface area contributed by atoms with Gasteiger partial charge in [-0.1, -0.05) is 19.3 Å². The summed E-state index contributed by atoms with van der Waals surface area (Å²) < 4.78 is 0. The van der Waals surface area contributed by atoms with E-state index in [0.29, 0.717) is 17.2 Å². The third kappa shape index (κ3) is 5.11. The maximum Gasteiger partial charge on any atom is 0.230 e. The first-order valence-electron chi connectivity index (χ1n) is 16.1. The maximum atomic E-state index is 14.0. The van der Waals surface area contributed by atoms with Crippen molar-refractivity contribution in [3.8, 4) is 5.75 Å². The number of aliphatic hydroxyl groups excluding tert-OH is 2. The van der Waals surface area contributed by atoms with Crippen LogP contribution in [0, 0.1) is 17.8 Å². The standard InChI is InChI=1S/C33H44N4O8/c1-35(2)27-21-15-17-14-20-19(23(39)16-36-10-12-37(13-11-36)18-6-4-3-5-7-18)8-9-22(38)25(20)28(40)24(17)30(42)33(21,45)31(43)26(29(27)41)32(34)44/h8-9,17-18,21,26-27,29,38,41-42,45H,3-7,10-16H2,1-2H3,(H2,34,44)/t17-,21-,26?,27-,29?,33-/m0/s1. The van der Waals surface area contributed by atoms with E-state index in [9.17, 15) is 39.6 Å². The van der Waals surface area contributed by atoms with E-state index < -0.39 is 58.7 Å². The van der Waals surface area contributed by atoms with Gasteiger partial charge in [-0.15, -0.1) is 0 Å². The molecule has 1 heterocycles. The molecule has 6 rings (SSSR count). The Bertz CT molecular complexity index is 1440. The van der Waals surface area contributed by atoms with Gasteiger partial charge in [-0.2, -0.15) is 0 Å². The highest BCUT2D eigenvalue weighted by atomic mass is 16.4. The number of ketones is 3. The minimum absolute atomic E-state index is 0.00458. The summed E-state index contributed by atoms with van der Waals surface area (Å²) in [6, 6.07) is 2.48. The predicted molar refractivity (Wildman–Crippen MR) is 163 cm³/mol. The minimum atomic E-state index is -2.64. The molecule has 12 nitrogen and oxygen atoms in total. The van der Waals surface area contributed by atoms with E-state index in [0.717, 1.165) is 26.2 Å². The van der Waals surface area contributed by atoms with Crippen LogP contribution in [0.5, 0.6) is 5.75 Å². The van der Waals surface area contributed by atoms with Gasteiger partial charge in [-0.05, 0) is 63.4 Å². The van der Waals surface area contributed by atoms with Crippen molar-refractivity contribution in [3.63, 3.8) is 0 Å². The molecule has 244 valence electrons. The number of Topliss-reactive ketones (excluding diaryl/α,β-unsaturated/α-hetero) is 3. The molecular weight excluding hydrogens is 580 g/mol. The zero-order valence-electron chi connectivity index (χ0n) is 25.9. The van der Waals surface area contributed by atoms with Crippen molar-refractivity contribution in [1.29, 1.82) is 0 Å². The smallest absolute Gasteiger partial charge is 0.230 e. The average Bonchev–Trinajstić information content (AvgIpc) is 2.99. The number of aromatic hydroxyl groups is 1. The van der Waals surface area contributed by atoms with Crippen molar-refractivity contribution in [2.45, 2.75) is 68.7 Å². The van der Waals surface area contributed by atoms with Crippen LogP contribution >= 0.6 is 0 Å². The Hall–Kier alpha value is -3.16. The number of carbonyl (C=O) groups excluding carboxylic acids is 4. The Balaban J connectivity index is 1.29. The Morgan fingerprint density at radius 1 is 1.04 bits per heavy atom. The lowest BCUT2D eigenvalue weighted by atomic mass is 9.56. The molecular formula is C33H44N4O8. The van der Waals surface area contributed by atoms with Crippen LogP contribution in [0.1, 0.15) is 64.8 Å². The van der Waals surface area contributed by atoms with Gasteiger partial charge in [0.1, 0.15) is 17.4 Å². The first-order chi connectivity index (χ1) is 21.4. The Morgan fingerprint density at radius 3 is 2.33 bits per heavy atom. The van der Waals surface area contributed by atoms with Crippen LogP contribution in [0.2, 0.25) is 0 Å². The molecule has 2 saturated carbocycles. The van der Waals surface area contributed by atoms with Crippen LogP contribution in [0.4, 0.5) is 0 Å². The van der Waals surface area contributed by atoms with Crippen LogP contribution in [-0.2, 0) is 16.0 Å². The number of hydrogen-bond donors (Lipinski definition) is 5. The van der Waals surface area contributed by atoms with Crippen LogP contribution in [0.3, 0.4) is 0 Å². The number of phenolic OH excluding ortho intramolecular Hbond substituents is 1. The van der Waals surface area contributed by atoms with E-state index in [2.05, 4.69) is 9.80 Å².